The normalized spacial score (nSPS) is 17.4. The van der Waals surface area contributed by atoms with Crippen molar-refractivity contribution in [3.8, 4) is 17.8 Å². The second kappa shape index (κ2) is 60.1. The van der Waals surface area contributed by atoms with Crippen LogP contribution in [0.4, 0.5) is 0 Å². The van der Waals surface area contributed by atoms with Gasteiger partial charge in [-0.3, -0.25) is 4.79 Å². The van der Waals surface area contributed by atoms with Crippen LogP contribution in [0.15, 0.2) is 121 Å². The van der Waals surface area contributed by atoms with Crippen LogP contribution in [0.2, 0.25) is 25.1 Å². The molecule has 5 aromatic carbocycles. The first-order valence-electron chi connectivity index (χ1n) is 36.7. The van der Waals surface area contributed by atoms with Crippen LogP contribution in [0.5, 0.6) is 0 Å². The molecule has 5 aromatic rings. The molecule has 5 N–H and O–H groups in total. The molecule has 6 aliphatic rings. The molecule has 1 amide bonds. The van der Waals surface area contributed by atoms with Crippen LogP contribution >= 0.6 is 70.4 Å². The van der Waals surface area contributed by atoms with Crippen LogP contribution in [0.25, 0.3) is 5.41 Å². The van der Waals surface area contributed by atoms with Crippen LogP contribution in [-0.2, 0) is 36.6 Å². The SMILES string of the molecule is CC(C)CC(=[N-])C1(c2ccc(Cl)cc2)CCC1.CC(C)CC(N)C1(c2ccc(Cl)cc2)CCC1.CC(C)CC(NC=O)C1(c2ccc(Cl)cc2)CCC1.CNC(CC(C)C)C1(c2ccc(Cl)cc2)CCC1.CO.Cl.N#CC1(c2ccc(Cl)cc2)CCC1.[B].[B]C#CC.[B]C1CCCO1.[Br-].[Br-].[CH2-]C(C)C.[H-].[Mg+2].[Mg+2].[Na+]. The summed E-state index contributed by atoms with van der Waals surface area (Å²) in [4.78, 5) is 10.9. The fourth-order valence-electron chi connectivity index (χ4n) is 14.4. The fourth-order valence-corrected chi connectivity index (χ4v) is 15.0. The van der Waals surface area contributed by atoms with Gasteiger partial charge in [0.05, 0.1) is 11.5 Å². The third-order valence-electron chi connectivity index (χ3n) is 20.5. The standard InChI is InChI=1S/C16H22ClNO.C16H24ClN.C15H22ClN.C15H19ClN.C11H10ClN.C4H7BO.C4H9.C3H3B.CH4O.B.2BrH.ClH.2Mg.Na.H/c1-12(2)10-15(18-11-19)16(8-3-9-16)13-4-6-14(17)7-5-13;1-12(2)11-15(18-3)16(9-4-10-16)13-5-7-14(17)8-6-13;2*1-11(2)10-14(17)15(8-3-9-15)12-4-6-13(16)7-5-12;12-10-4-2-9(3-5-10)11(8-13)6-1-7-11;5-4-2-1-3-6-4;1-4(2)3;1-2-3-4;1-2;;;;;;;;/h4-7,11-12,15H,3,8-10H2,1-2H3,(H,18,19);5-8,12,15,18H,4,9-11H2,1-3H3;4-7,11,14H,3,8-10,17H2,1-2H3;4-7,11H,3,8-10H2,1-2H3;2-5H,1,6-7H2;4H,1-3H2;4H,1H2,2-3H3;1H3;2H,1H3;;3*1H;;;;/q;;;-1;;;-1;;;;;;;2*+2;+1;-1/p-2. The van der Waals surface area contributed by atoms with Crippen molar-refractivity contribution in [3.05, 3.63) is 187 Å². The van der Waals surface area contributed by atoms with Gasteiger partial charge in [-0.15, -0.1) is 18.3 Å². The predicted octanol–water partition coefficient (Wildman–Crippen LogP) is 12.5. The van der Waals surface area contributed by atoms with Crippen LogP contribution in [0.1, 0.15) is 240 Å². The van der Waals surface area contributed by atoms with Gasteiger partial charge >= 0.3 is 75.7 Å². The average Bonchev–Trinajstić information content (AvgIpc) is 0.794. The molecule has 11 rings (SSSR count). The Hall–Kier alpha value is -0.443. The van der Waals surface area contributed by atoms with Gasteiger partial charge in [0.2, 0.25) is 6.41 Å². The Balaban J connectivity index is -0.000000282. The summed E-state index contributed by atoms with van der Waals surface area (Å²) >= 11 is 29.6. The molecular weight excluding hydrogens is 1620 g/mol. The van der Waals surface area contributed by atoms with Gasteiger partial charge in [-0.2, -0.15) is 22.7 Å². The van der Waals surface area contributed by atoms with E-state index in [0.29, 0.717) is 40.8 Å². The minimum atomic E-state index is -0.204. The zero-order chi connectivity index (χ0) is 74.7. The van der Waals surface area contributed by atoms with E-state index in [1.807, 2.05) is 72.8 Å². The monoisotopic (exact) mass is 1730 g/mol. The summed E-state index contributed by atoms with van der Waals surface area (Å²) in [5.74, 6) is 7.68. The molecule has 1 heterocycles. The molecule has 5 aliphatic carbocycles. The molecule has 107 heavy (non-hydrogen) atoms. The zero-order valence-electron chi connectivity index (χ0n) is 68.0. The van der Waals surface area contributed by atoms with Crippen LogP contribution in [0, 0.1) is 59.6 Å². The predicted molar refractivity (Wildman–Crippen MR) is 458 cm³/mol. The van der Waals surface area contributed by atoms with E-state index in [4.69, 9.17) is 86.7 Å². The number of carbonyl (C=O) groups is 1. The Bertz CT molecular complexity index is 3220. The van der Waals surface area contributed by atoms with Crippen molar-refractivity contribution in [2.24, 2.45) is 35.3 Å². The Morgan fingerprint density at radius 3 is 1.13 bits per heavy atom. The number of nitrogens with one attached hydrogen (secondary N) is 2. The van der Waals surface area contributed by atoms with Crippen molar-refractivity contribution in [3.63, 3.8) is 0 Å². The first-order valence-corrected chi connectivity index (χ1v) is 38.6. The minimum absolute atomic E-state index is 0. The number of benzene rings is 5. The molecule has 575 valence electrons. The maximum Gasteiger partial charge on any atom is 2.00 e. The van der Waals surface area contributed by atoms with E-state index in [9.17, 15) is 10.2 Å². The van der Waals surface area contributed by atoms with Crippen LogP contribution in [-0.4, -0.2) is 132 Å². The summed E-state index contributed by atoms with van der Waals surface area (Å²) in [5.41, 5.74) is 13.9. The molecule has 6 fully saturated rings. The van der Waals surface area contributed by atoms with Gasteiger partial charge in [0.25, 0.3) is 0 Å². The number of hydrogen-bond acceptors (Lipinski definition) is 6. The number of hydrogen-bond donors (Lipinski definition) is 4. The van der Waals surface area contributed by atoms with E-state index in [-0.39, 0.29) is 172 Å². The zero-order valence-corrected chi connectivity index (χ0v) is 79.6. The van der Waals surface area contributed by atoms with E-state index in [1.165, 1.54) is 80.0 Å². The molecule has 1 saturated heterocycles. The number of halogens is 8. The summed E-state index contributed by atoms with van der Waals surface area (Å²) in [5, 5.41) is 37.0. The van der Waals surface area contributed by atoms with Gasteiger partial charge < -0.3 is 73.9 Å². The van der Waals surface area contributed by atoms with Crippen molar-refractivity contribution in [1.82, 2.24) is 10.6 Å². The third-order valence-corrected chi connectivity index (χ3v) is 21.7. The average molecular weight is 1740 g/mol. The number of nitrogens with two attached hydrogens (primary N) is 1. The summed E-state index contributed by atoms with van der Waals surface area (Å²) < 4.78 is 4.93. The van der Waals surface area contributed by atoms with Gasteiger partial charge in [0.15, 0.2) is 7.85 Å². The summed E-state index contributed by atoms with van der Waals surface area (Å²) in [6.45, 7) is 28.1. The second-order valence-electron chi connectivity index (χ2n) is 30.1. The van der Waals surface area contributed by atoms with Gasteiger partial charge in [0, 0.05) is 87.6 Å². The van der Waals surface area contributed by atoms with Gasteiger partial charge in [0.1, 0.15) is 7.85 Å². The molecule has 5 saturated carbocycles. The molecule has 4 atom stereocenters. The van der Waals surface area contributed by atoms with E-state index < -0.39 is 0 Å². The van der Waals surface area contributed by atoms with Gasteiger partial charge in [-0.1, -0.05) is 220 Å². The number of amides is 1. The van der Waals surface area contributed by atoms with Crippen molar-refractivity contribution in [1.29, 1.82) is 5.26 Å². The number of nitrogens with zero attached hydrogens (tertiary/aromatic N) is 2. The fraction of sp³-hybridized carbons (Fsp3) is 0.576. The number of likely N-dealkylation sites (N-methyl/N-ethyl adjacent to an activating group) is 1. The topological polar surface area (TPSA) is 143 Å². The molecule has 0 bridgehead atoms. The first-order chi connectivity index (χ1) is 47.6. The van der Waals surface area contributed by atoms with Crippen LogP contribution < -0.4 is 79.9 Å². The molecular formula is C85H122B3Br2Cl6Mg2N5NaO3. The molecule has 0 aromatic heterocycles. The van der Waals surface area contributed by atoms with Gasteiger partial charge in [-0.05, 0) is 234 Å². The van der Waals surface area contributed by atoms with Gasteiger partial charge in [-0.25, -0.2) is 0 Å². The molecule has 22 heteroatoms. The summed E-state index contributed by atoms with van der Waals surface area (Å²) in [6.07, 6.45) is 24.9. The molecule has 0 spiro atoms. The van der Waals surface area contributed by atoms with Crippen molar-refractivity contribution in [2.75, 3.05) is 20.8 Å². The number of aliphatic hydroxyl groups excluding tert-OH is 1. The molecule has 8 nitrogen and oxygen atoms in total. The van der Waals surface area contributed by atoms with E-state index in [2.05, 4.69) is 168 Å². The summed E-state index contributed by atoms with van der Waals surface area (Å²) in [6, 6.07) is 44.0. The first kappa shape index (κ1) is 115. The number of rotatable bonds is 20. The van der Waals surface area contributed by atoms with E-state index in [0.717, 1.165) is 134 Å². The van der Waals surface area contributed by atoms with Crippen LogP contribution in [0.3, 0.4) is 0 Å². The summed E-state index contributed by atoms with van der Waals surface area (Å²) in [7, 11) is 13.1. The maximum atomic E-state index is 10.9. The number of nitriles is 1. The molecule has 1 aliphatic heterocycles. The maximum absolute atomic E-state index is 10.9. The minimum Gasteiger partial charge on any atom is -1.00 e. The van der Waals surface area contributed by atoms with Crippen molar-refractivity contribution >= 4 is 153 Å². The largest absolute Gasteiger partial charge is 2.00 e. The second-order valence-corrected chi connectivity index (χ2v) is 32.3. The third kappa shape index (κ3) is 36.7. The number of ether oxygens (including phenoxy) is 1. The van der Waals surface area contributed by atoms with Crippen molar-refractivity contribution in [2.45, 2.75) is 262 Å². The smallest absolute Gasteiger partial charge is 1.00 e. The Kier molecular flexibility index (Phi) is 64.7. The molecule has 7 radical (unpaired) electrons. The Morgan fingerprint density at radius 2 is 0.907 bits per heavy atom. The Morgan fingerprint density at radius 1 is 0.598 bits per heavy atom. The van der Waals surface area contributed by atoms with Crippen molar-refractivity contribution < 1.29 is 79.6 Å². The quantitative estimate of drug-likeness (QED) is 0.0201. The Labute approximate surface area is 762 Å². The molecule has 4 unspecified atom stereocenters. The van der Waals surface area contributed by atoms with E-state index >= 15 is 0 Å². The number of carbonyl (C=O) groups excluding carboxylic acids is 1. The van der Waals surface area contributed by atoms with E-state index in [1.54, 1.807) is 6.92 Å². The number of aliphatic hydroxyl groups is 1.